The van der Waals surface area contributed by atoms with Crippen molar-refractivity contribution in [1.82, 2.24) is 0 Å². The first-order valence-electron chi connectivity index (χ1n) is 5.15. The molecule has 0 aromatic carbocycles. The zero-order valence-electron chi connectivity index (χ0n) is 9.35. The average molecular weight is 186 g/mol. The lowest BCUT2D eigenvalue weighted by Crippen LogP contribution is -2.27. The molecular weight excluding hydrogens is 162 g/mol. The van der Waals surface area contributed by atoms with Gasteiger partial charge in [-0.25, -0.2) is 0 Å². The Hall–Kier alpha value is 0.495. The third kappa shape index (κ3) is 5.20. The SMILES string of the molecule is BC(P)(CCCC(C)C)C(C)C. The maximum atomic E-state index is 3.01. The van der Waals surface area contributed by atoms with E-state index in [2.05, 4.69) is 44.8 Å². The molecule has 0 spiro atoms. The molecule has 0 aliphatic rings. The summed E-state index contributed by atoms with van der Waals surface area (Å²) < 4.78 is 0. The van der Waals surface area contributed by atoms with Crippen molar-refractivity contribution in [2.45, 2.75) is 52.0 Å². The van der Waals surface area contributed by atoms with E-state index in [4.69, 9.17) is 0 Å². The highest BCUT2D eigenvalue weighted by molar-refractivity contribution is 7.22. The standard InChI is InChI=1S/C10H24BP/c1-8(2)6-5-7-10(11,12)9(3)4/h8-9H,5-7,11-12H2,1-4H3. The van der Waals surface area contributed by atoms with Gasteiger partial charge < -0.3 is 0 Å². The van der Waals surface area contributed by atoms with Crippen LogP contribution in [0.25, 0.3) is 0 Å². The molecule has 72 valence electrons. The molecule has 0 rings (SSSR count). The summed E-state index contributed by atoms with van der Waals surface area (Å²) >= 11 is 0. The summed E-state index contributed by atoms with van der Waals surface area (Å²) in [5.74, 6) is 1.63. The van der Waals surface area contributed by atoms with Gasteiger partial charge in [0.2, 0.25) is 0 Å². The number of rotatable bonds is 5. The normalized spacial score (nSPS) is 16.9. The van der Waals surface area contributed by atoms with E-state index < -0.39 is 0 Å². The van der Waals surface area contributed by atoms with Gasteiger partial charge in [-0.1, -0.05) is 47.0 Å². The Morgan fingerprint density at radius 2 is 1.75 bits per heavy atom. The van der Waals surface area contributed by atoms with E-state index in [1.54, 1.807) is 0 Å². The molecule has 2 unspecified atom stereocenters. The third-order valence-electron chi connectivity index (χ3n) is 2.82. The van der Waals surface area contributed by atoms with E-state index in [1.165, 1.54) is 19.3 Å². The molecule has 0 fully saturated rings. The average Bonchev–Trinajstić information content (AvgIpc) is 1.85. The van der Waals surface area contributed by atoms with E-state index >= 15 is 0 Å². The van der Waals surface area contributed by atoms with Crippen LogP contribution in [0.1, 0.15) is 47.0 Å². The highest BCUT2D eigenvalue weighted by Gasteiger charge is 2.21. The lowest BCUT2D eigenvalue weighted by molar-refractivity contribution is 0.465. The van der Waals surface area contributed by atoms with Crippen LogP contribution in [0.15, 0.2) is 0 Å². The molecular formula is C10H24BP. The van der Waals surface area contributed by atoms with Crippen molar-refractivity contribution in [3.05, 3.63) is 0 Å². The zero-order valence-corrected chi connectivity index (χ0v) is 10.5. The van der Waals surface area contributed by atoms with Gasteiger partial charge in [0, 0.05) is 0 Å². The Morgan fingerprint density at radius 1 is 1.25 bits per heavy atom. The van der Waals surface area contributed by atoms with Gasteiger partial charge in [0.15, 0.2) is 0 Å². The maximum Gasteiger partial charge on any atom is 0.114 e. The highest BCUT2D eigenvalue weighted by Crippen LogP contribution is 2.30. The van der Waals surface area contributed by atoms with E-state index in [-0.39, 0.29) is 0 Å². The first kappa shape index (κ1) is 12.5. The van der Waals surface area contributed by atoms with Gasteiger partial charge >= 0.3 is 0 Å². The van der Waals surface area contributed by atoms with Crippen molar-refractivity contribution in [2.24, 2.45) is 11.8 Å². The molecule has 0 radical (unpaired) electrons. The second-order valence-electron chi connectivity index (χ2n) is 4.95. The Morgan fingerprint density at radius 3 is 2.08 bits per heavy atom. The van der Waals surface area contributed by atoms with Crippen molar-refractivity contribution in [2.75, 3.05) is 0 Å². The first-order chi connectivity index (χ1) is 5.36. The van der Waals surface area contributed by atoms with Gasteiger partial charge in [0.25, 0.3) is 0 Å². The molecule has 0 amide bonds. The lowest BCUT2D eigenvalue weighted by atomic mass is 9.73. The van der Waals surface area contributed by atoms with Crippen LogP contribution in [-0.2, 0) is 0 Å². The van der Waals surface area contributed by atoms with Gasteiger partial charge in [-0.3, -0.25) is 0 Å². The van der Waals surface area contributed by atoms with Gasteiger partial charge in [-0.15, -0.1) is 9.24 Å². The largest absolute Gasteiger partial charge is 0.139 e. The quantitative estimate of drug-likeness (QED) is 0.457. The molecule has 0 aliphatic carbocycles. The molecule has 0 saturated heterocycles. The van der Waals surface area contributed by atoms with Crippen LogP contribution in [0.5, 0.6) is 0 Å². The molecule has 0 heterocycles. The number of hydrogen-bond acceptors (Lipinski definition) is 0. The van der Waals surface area contributed by atoms with Crippen molar-refractivity contribution < 1.29 is 0 Å². The Kier molecular flexibility index (Phi) is 5.49. The van der Waals surface area contributed by atoms with E-state index in [0.717, 1.165) is 11.8 Å². The molecule has 0 nitrogen and oxygen atoms in total. The minimum atomic E-state index is 0.453. The second-order valence-corrected chi connectivity index (χ2v) is 6.27. The van der Waals surface area contributed by atoms with Gasteiger partial charge in [-0.2, -0.15) is 0 Å². The minimum absolute atomic E-state index is 0.453. The first-order valence-corrected chi connectivity index (χ1v) is 5.73. The Balaban J connectivity index is 3.61. The molecule has 0 N–H and O–H groups in total. The smallest absolute Gasteiger partial charge is 0.114 e. The predicted octanol–water partition coefficient (Wildman–Crippen LogP) is 2.67. The summed E-state index contributed by atoms with van der Waals surface area (Å²) in [6.45, 7) is 9.22. The van der Waals surface area contributed by atoms with Gasteiger partial charge in [-0.05, 0) is 16.9 Å². The molecule has 2 atom stereocenters. The minimum Gasteiger partial charge on any atom is -0.139 e. The molecule has 0 saturated carbocycles. The van der Waals surface area contributed by atoms with Crippen LogP contribution in [0.2, 0.25) is 0 Å². The lowest BCUT2D eigenvalue weighted by Gasteiger charge is -2.29. The van der Waals surface area contributed by atoms with E-state index in [9.17, 15) is 0 Å². The van der Waals surface area contributed by atoms with Crippen molar-refractivity contribution in [1.29, 1.82) is 0 Å². The van der Waals surface area contributed by atoms with Crippen LogP contribution in [-0.4, -0.2) is 12.9 Å². The summed E-state index contributed by atoms with van der Waals surface area (Å²) in [4.78, 5) is 0. The van der Waals surface area contributed by atoms with Gasteiger partial charge in [0.1, 0.15) is 7.85 Å². The summed E-state index contributed by atoms with van der Waals surface area (Å²) in [5, 5.41) is 0.453. The Bertz CT molecular complexity index is 119. The highest BCUT2D eigenvalue weighted by atomic mass is 31.0. The van der Waals surface area contributed by atoms with Crippen LogP contribution in [0.3, 0.4) is 0 Å². The van der Waals surface area contributed by atoms with Crippen LogP contribution >= 0.6 is 9.24 Å². The summed E-state index contributed by atoms with van der Waals surface area (Å²) in [7, 11) is 5.36. The molecule has 2 heteroatoms. The molecule has 0 aliphatic heterocycles. The maximum absolute atomic E-state index is 3.01. The second kappa shape index (κ2) is 5.27. The van der Waals surface area contributed by atoms with Crippen molar-refractivity contribution >= 4 is 17.1 Å². The third-order valence-corrected chi connectivity index (χ3v) is 3.77. The summed E-state index contributed by atoms with van der Waals surface area (Å²) in [6, 6.07) is 0. The number of hydrogen-bond donors (Lipinski definition) is 0. The topological polar surface area (TPSA) is 0 Å². The molecule has 0 aromatic rings. The van der Waals surface area contributed by atoms with E-state index in [0.29, 0.717) is 5.06 Å². The van der Waals surface area contributed by atoms with Crippen LogP contribution in [0.4, 0.5) is 0 Å². The fourth-order valence-electron chi connectivity index (χ4n) is 1.18. The zero-order chi connectivity index (χ0) is 9.78. The fraction of sp³-hybridized carbons (Fsp3) is 1.00. The van der Waals surface area contributed by atoms with Crippen molar-refractivity contribution in [3.8, 4) is 0 Å². The van der Waals surface area contributed by atoms with Crippen LogP contribution < -0.4 is 0 Å². The molecule has 12 heavy (non-hydrogen) atoms. The van der Waals surface area contributed by atoms with Crippen LogP contribution in [0, 0.1) is 11.8 Å². The van der Waals surface area contributed by atoms with E-state index in [1.807, 2.05) is 0 Å². The summed E-state index contributed by atoms with van der Waals surface area (Å²) in [5.41, 5.74) is 0. The van der Waals surface area contributed by atoms with Crippen molar-refractivity contribution in [3.63, 3.8) is 0 Å². The monoisotopic (exact) mass is 186 g/mol. The van der Waals surface area contributed by atoms with Gasteiger partial charge in [0.05, 0.1) is 0 Å². The predicted molar refractivity (Wildman–Crippen MR) is 64.5 cm³/mol. The summed E-state index contributed by atoms with van der Waals surface area (Å²) in [6.07, 6.45) is 4.08. The molecule has 0 bridgehead atoms. The molecule has 0 aromatic heterocycles. The Labute approximate surface area is 81.5 Å². The fourth-order valence-corrected chi connectivity index (χ4v) is 1.38.